The first-order valence-corrected chi connectivity index (χ1v) is 2.96. The first kappa shape index (κ1) is 5.53. The zero-order valence-corrected chi connectivity index (χ0v) is 5.24. The van der Waals surface area contributed by atoms with Crippen molar-refractivity contribution in [3.8, 4) is 0 Å². The van der Waals surface area contributed by atoms with Crippen LogP contribution in [0.2, 0.25) is 0 Å². The molecule has 10 heavy (non-hydrogen) atoms. The van der Waals surface area contributed by atoms with Crippen molar-refractivity contribution in [2.45, 2.75) is 0 Å². The average molecular weight is 129 g/mol. The van der Waals surface area contributed by atoms with Crippen LogP contribution in [0.4, 0.5) is 0 Å². The number of fused-ring (bicyclic) bond motifs is 1. The maximum Gasteiger partial charge on any atom is 0.131 e. The minimum absolute atomic E-state index is 0.707. The predicted octanol–water partition coefficient (Wildman–Crippen LogP) is 0.622. The maximum absolute atomic E-state index is 5.60. The largest absolute Gasteiger partial charge is 0.364 e. The van der Waals surface area contributed by atoms with E-state index in [-0.39, 0.29) is 0 Å². The molecule has 3 heteroatoms. The molecule has 0 saturated heterocycles. The molecule has 0 fully saturated rings. The van der Waals surface area contributed by atoms with Crippen LogP contribution in [-0.4, -0.2) is 13.0 Å². The Kier molecular flexibility index (Phi) is 1.03. The van der Waals surface area contributed by atoms with Gasteiger partial charge in [-0.1, -0.05) is 22.8 Å². The summed E-state index contributed by atoms with van der Waals surface area (Å²) in [5, 5.41) is 4.60. The van der Waals surface area contributed by atoms with Crippen LogP contribution < -0.4 is 5.46 Å². The highest BCUT2D eigenvalue weighted by Gasteiger charge is 1.97. The fraction of sp³-hybridized carbons (Fsp3) is 0. The van der Waals surface area contributed by atoms with Crippen molar-refractivity contribution in [1.82, 2.24) is 5.16 Å². The first-order valence-electron chi connectivity index (χ1n) is 2.96. The third-order valence-corrected chi connectivity index (χ3v) is 1.44. The van der Waals surface area contributed by atoms with Crippen LogP contribution in [0.3, 0.4) is 0 Å². The van der Waals surface area contributed by atoms with E-state index in [4.69, 9.17) is 12.4 Å². The summed E-state index contributed by atoms with van der Waals surface area (Å²) in [5.74, 6) is 0. The van der Waals surface area contributed by atoms with Gasteiger partial charge in [0.15, 0.2) is 0 Å². The van der Waals surface area contributed by atoms with Gasteiger partial charge in [0.1, 0.15) is 19.6 Å². The van der Waals surface area contributed by atoms with Crippen LogP contribution in [-0.2, 0) is 0 Å². The van der Waals surface area contributed by atoms with Gasteiger partial charge in [0.05, 0.1) is 0 Å². The second-order valence-corrected chi connectivity index (χ2v) is 2.09. The molecule has 0 atom stereocenters. The summed E-state index contributed by atoms with van der Waals surface area (Å²) in [4.78, 5) is 0. The van der Waals surface area contributed by atoms with Crippen molar-refractivity contribution in [3.63, 3.8) is 0 Å². The normalized spacial score (nSPS) is 10.4. The third kappa shape index (κ3) is 0.636. The number of hydrogen-bond acceptors (Lipinski definition) is 2. The molecule has 0 aliphatic heterocycles. The van der Waals surface area contributed by atoms with Gasteiger partial charge in [-0.3, -0.25) is 0 Å². The van der Waals surface area contributed by atoms with E-state index in [1.165, 1.54) is 0 Å². The Morgan fingerprint density at radius 2 is 2.30 bits per heavy atom. The zero-order valence-electron chi connectivity index (χ0n) is 5.24. The highest BCUT2D eigenvalue weighted by Crippen LogP contribution is 2.06. The molecule has 0 aliphatic carbocycles. The summed E-state index contributed by atoms with van der Waals surface area (Å²) in [5.41, 5.74) is 1.51. The van der Waals surface area contributed by atoms with Gasteiger partial charge in [0.2, 0.25) is 0 Å². The van der Waals surface area contributed by atoms with Crippen LogP contribution >= 0.6 is 0 Å². The molecule has 2 aromatic rings. The van der Waals surface area contributed by atoms with Gasteiger partial charge in [0.25, 0.3) is 0 Å². The molecule has 0 unspecified atom stereocenters. The molecule has 0 N–H and O–H groups in total. The fourth-order valence-electron chi connectivity index (χ4n) is 0.914. The van der Waals surface area contributed by atoms with E-state index in [1.54, 1.807) is 6.26 Å². The molecule has 1 aromatic heterocycles. The maximum atomic E-state index is 5.60. The predicted molar refractivity (Wildman–Crippen MR) is 39.4 cm³/mol. The van der Waals surface area contributed by atoms with Gasteiger partial charge in [-0.15, -0.1) is 0 Å². The minimum atomic E-state index is 0.707. The fourth-order valence-corrected chi connectivity index (χ4v) is 0.914. The minimum Gasteiger partial charge on any atom is -0.364 e. The van der Waals surface area contributed by atoms with E-state index in [9.17, 15) is 0 Å². The molecule has 0 saturated carbocycles. The smallest absolute Gasteiger partial charge is 0.131 e. The topological polar surface area (TPSA) is 26.0 Å². The Morgan fingerprint density at radius 1 is 1.40 bits per heavy atom. The van der Waals surface area contributed by atoms with Crippen molar-refractivity contribution < 1.29 is 4.52 Å². The van der Waals surface area contributed by atoms with Gasteiger partial charge in [0, 0.05) is 5.39 Å². The standard InChI is InChI=1S/C7H4BNO/c8-6-2-1-3-7-5(6)4-10-9-7/h1-4H. The van der Waals surface area contributed by atoms with Crippen molar-refractivity contribution in [2.24, 2.45) is 0 Å². The molecule has 2 nitrogen and oxygen atoms in total. The lowest BCUT2D eigenvalue weighted by Gasteiger charge is -1.89. The van der Waals surface area contributed by atoms with E-state index in [0.29, 0.717) is 5.46 Å². The zero-order chi connectivity index (χ0) is 6.97. The molecule has 2 rings (SSSR count). The second kappa shape index (κ2) is 1.87. The molecule has 0 aliphatic rings. The Morgan fingerprint density at radius 3 is 3.10 bits per heavy atom. The molecule has 1 heterocycles. The van der Waals surface area contributed by atoms with E-state index in [1.807, 2.05) is 18.2 Å². The molecular weight excluding hydrogens is 125 g/mol. The lowest BCUT2D eigenvalue weighted by Crippen LogP contribution is -2.00. The number of benzene rings is 1. The highest BCUT2D eigenvalue weighted by molar-refractivity contribution is 6.38. The summed E-state index contributed by atoms with van der Waals surface area (Å²) < 4.78 is 4.72. The van der Waals surface area contributed by atoms with Crippen LogP contribution in [0, 0.1) is 0 Å². The first-order chi connectivity index (χ1) is 4.88. The van der Waals surface area contributed by atoms with Crippen molar-refractivity contribution in [1.29, 1.82) is 0 Å². The van der Waals surface area contributed by atoms with Gasteiger partial charge in [-0.05, 0) is 6.07 Å². The highest BCUT2D eigenvalue weighted by atomic mass is 16.5. The van der Waals surface area contributed by atoms with Gasteiger partial charge in [-0.2, -0.15) is 0 Å². The number of hydrogen-bond donors (Lipinski definition) is 0. The van der Waals surface area contributed by atoms with Crippen LogP contribution in [0.25, 0.3) is 10.9 Å². The molecule has 0 amide bonds. The lowest BCUT2D eigenvalue weighted by molar-refractivity contribution is 0.428. The molecule has 46 valence electrons. The number of nitrogens with zero attached hydrogens (tertiary/aromatic N) is 1. The van der Waals surface area contributed by atoms with Crippen molar-refractivity contribution >= 4 is 24.2 Å². The van der Waals surface area contributed by atoms with Crippen LogP contribution in [0.1, 0.15) is 0 Å². The Hall–Kier alpha value is -1.25. The number of aromatic nitrogens is 1. The van der Waals surface area contributed by atoms with Gasteiger partial charge < -0.3 is 4.52 Å². The van der Waals surface area contributed by atoms with Crippen molar-refractivity contribution in [2.75, 3.05) is 0 Å². The van der Waals surface area contributed by atoms with Gasteiger partial charge in [-0.25, -0.2) is 0 Å². The molecule has 0 bridgehead atoms. The van der Waals surface area contributed by atoms with Crippen LogP contribution in [0.5, 0.6) is 0 Å². The Balaban J connectivity index is 2.95. The average Bonchev–Trinajstić information content (AvgIpc) is 2.36. The van der Waals surface area contributed by atoms with E-state index >= 15 is 0 Å². The van der Waals surface area contributed by atoms with Crippen LogP contribution in [0.15, 0.2) is 29.0 Å². The monoisotopic (exact) mass is 129 g/mol. The van der Waals surface area contributed by atoms with Crippen molar-refractivity contribution in [3.05, 3.63) is 24.5 Å². The third-order valence-electron chi connectivity index (χ3n) is 1.44. The molecule has 0 spiro atoms. The quantitative estimate of drug-likeness (QED) is 0.487. The molecule has 1 aromatic carbocycles. The SMILES string of the molecule is [B]c1cccc2nocc12. The Labute approximate surface area is 59.2 Å². The summed E-state index contributed by atoms with van der Waals surface area (Å²) in [7, 11) is 5.60. The Bertz CT molecular complexity index is 355. The summed E-state index contributed by atoms with van der Waals surface area (Å²) in [6.45, 7) is 0. The number of rotatable bonds is 0. The van der Waals surface area contributed by atoms with Gasteiger partial charge >= 0.3 is 0 Å². The molecular formula is C7H4BNO. The summed E-state index contributed by atoms with van der Waals surface area (Å²) >= 11 is 0. The lowest BCUT2D eigenvalue weighted by atomic mass is 9.93. The molecule has 2 radical (unpaired) electrons. The second-order valence-electron chi connectivity index (χ2n) is 2.09. The van der Waals surface area contributed by atoms with E-state index in [0.717, 1.165) is 10.9 Å². The van der Waals surface area contributed by atoms with E-state index < -0.39 is 0 Å². The van der Waals surface area contributed by atoms with E-state index in [2.05, 4.69) is 5.16 Å². The summed E-state index contributed by atoms with van der Waals surface area (Å²) in [6, 6.07) is 5.52. The summed E-state index contributed by atoms with van der Waals surface area (Å²) in [6.07, 6.45) is 1.55.